The lowest BCUT2D eigenvalue weighted by Crippen LogP contribution is -2.19. The SMILES string of the molecule is N#Cc1ccccc1Cn1cc(/C=N\NC(=O)Cc2ccc(Cl)cc2)c2ccccc21. The van der Waals surface area contributed by atoms with Gasteiger partial charge in [-0.15, -0.1) is 0 Å². The molecule has 1 amide bonds. The number of hydrazone groups is 1. The number of carbonyl (C=O) groups is 1. The van der Waals surface area contributed by atoms with E-state index in [-0.39, 0.29) is 12.3 Å². The zero-order valence-corrected chi connectivity index (χ0v) is 17.4. The number of fused-ring (bicyclic) bond motifs is 1. The Kier molecular flexibility index (Phi) is 6.11. The van der Waals surface area contributed by atoms with Gasteiger partial charge >= 0.3 is 0 Å². The fraction of sp³-hybridized carbons (Fsp3) is 0.0800. The van der Waals surface area contributed by atoms with Gasteiger partial charge in [0.05, 0.1) is 24.3 Å². The summed E-state index contributed by atoms with van der Waals surface area (Å²) < 4.78 is 2.09. The Morgan fingerprint density at radius 1 is 1.06 bits per heavy atom. The first-order chi connectivity index (χ1) is 15.1. The molecule has 0 aliphatic heterocycles. The number of halogens is 1. The standard InChI is InChI=1S/C25H19ClN4O/c26-22-11-9-18(10-12-22)13-25(31)29-28-15-21-17-30(24-8-4-3-7-23(21)24)16-20-6-2-1-5-19(20)14-27/h1-12,15,17H,13,16H2,(H,29,31)/b28-15-. The van der Waals surface area contributed by atoms with Crippen molar-refractivity contribution in [2.75, 3.05) is 0 Å². The topological polar surface area (TPSA) is 70.2 Å². The number of carbonyl (C=O) groups excluding carboxylic acids is 1. The van der Waals surface area contributed by atoms with Gasteiger partial charge in [0, 0.05) is 34.2 Å². The van der Waals surface area contributed by atoms with Gasteiger partial charge in [-0.2, -0.15) is 10.4 Å². The number of hydrogen-bond donors (Lipinski definition) is 1. The lowest BCUT2D eigenvalue weighted by Gasteiger charge is -2.07. The van der Waals surface area contributed by atoms with Crippen LogP contribution in [0, 0.1) is 11.3 Å². The Morgan fingerprint density at radius 3 is 2.61 bits per heavy atom. The van der Waals surface area contributed by atoms with Gasteiger partial charge in [0.2, 0.25) is 5.91 Å². The Hall–Kier alpha value is -3.88. The maximum atomic E-state index is 12.2. The van der Waals surface area contributed by atoms with Gasteiger partial charge in [0.1, 0.15) is 0 Å². The van der Waals surface area contributed by atoms with Gasteiger partial charge in [0.15, 0.2) is 0 Å². The predicted octanol–water partition coefficient (Wildman–Crippen LogP) is 4.91. The minimum absolute atomic E-state index is 0.203. The molecular formula is C25H19ClN4O. The van der Waals surface area contributed by atoms with E-state index in [0.29, 0.717) is 17.1 Å². The first-order valence-electron chi connectivity index (χ1n) is 9.76. The number of nitrogens with one attached hydrogen (secondary N) is 1. The molecule has 1 aromatic heterocycles. The highest BCUT2D eigenvalue weighted by Crippen LogP contribution is 2.22. The van der Waals surface area contributed by atoms with Gasteiger partial charge in [-0.3, -0.25) is 4.79 Å². The maximum absolute atomic E-state index is 12.2. The van der Waals surface area contributed by atoms with Crippen LogP contribution in [0.25, 0.3) is 10.9 Å². The van der Waals surface area contributed by atoms with Crippen LogP contribution in [0.3, 0.4) is 0 Å². The van der Waals surface area contributed by atoms with Crippen LogP contribution >= 0.6 is 11.6 Å². The molecule has 0 atom stereocenters. The van der Waals surface area contributed by atoms with Crippen LogP contribution in [-0.2, 0) is 17.8 Å². The zero-order chi connectivity index (χ0) is 21.6. The van der Waals surface area contributed by atoms with E-state index in [2.05, 4.69) is 21.2 Å². The summed E-state index contributed by atoms with van der Waals surface area (Å²) >= 11 is 5.88. The first kappa shape index (κ1) is 20.4. The third-order valence-electron chi connectivity index (χ3n) is 4.97. The third-order valence-corrected chi connectivity index (χ3v) is 5.22. The van der Waals surface area contributed by atoms with Crippen molar-refractivity contribution in [3.8, 4) is 6.07 Å². The van der Waals surface area contributed by atoms with Crippen molar-refractivity contribution in [3.63, 3.8) is 0 Å². The van der Waals surface area contributed by atoms with E-state index in [0.717, 1.165) is 27.6 Å². The molecule has 1 N–H and O–H groups in total. The molecule has 0 spiro atoms. The van der Waals surface area contributed by atoms with Crippen LogP contribution in [-0.4, -0.2) is 16.7 Å². The lowest BCUT2D eigenvalue weighted by atomic mass is 10.1. The molecule has 0 bridgehead atoms. The molecular weight excluding hydrogens is 408 g/mol. The number of aromatic nitrogens is 1. The average molecular weight is 427 g/mol. The van der Waals surface area contributed by atoms with Crippen LogP contribution in [0.1, 0.15) is 22.3 Å². The molecule has 0 aliphatic rings. The molecule has 152 valence electrons. The average Bonchev–Trinajstić information content (AvgIpc) is 3.13. The minimum atomic E-state index is -0.203. The van der Waals surface area contributed by atoms with Crippen LogP contribution < -0.4 is 5.43 Å². The summed E-state index contributed by atoms with van der Waals surface area (Å²) in [5.74, 6) is -0.203. The van der Waals surface area contributed by atoms with E-state index in [1.807, 2.05) is 66.9 Å². The first-order valence-corrected chi connectivity index (χ1v) is 10.1. The second-order valence-electron chi connectivity index (χ2n) is 7.09. The molecule has 5 nitrogen and oxygen atoms in total. The molecule has 0 aliphatic carbocycles. The van der Waals surface area contributed by atoms with E-state index < -0.39 is 0 Å². The molecule has 4 aromatic rings. The fourth-order valence-corrected chi connectivity index (χ4v) is 3.59. The van der Waals surface area contributed by atoms with Gasteiger partial charge in [-0.05, 0) is 35.4 Å². The molecule has 4 rings (SSSR count). The summed E-state index contributed by atoms with van der Waals surface area (Å²) in [4.78, 5) is 12.2. The van der Waals surface area contributed by atoms with Crippen molar-refractivity contribution in [2.24, 2.45) is 5.10 Å². The number of nitrogens with zero attached hydrogens (tertiary/aromatic N) is 3. The van der Waals surface area contributed by atoms with Gasteiger partial charge < -0.3 is 4.57 Å². The van der Waals surface area contributed by atoms with Crippen molar-refractivity contribution < 1.29 is 4.79 Å². The summed E-state index contributed by atoms with van der Waals surface area (Å²) in [5, 5.41) is 15.2. The van der Waals surface area contributed by atoms with Gasteiger partial charge in [0.25, 0.3) is 0 Å². The normalized spacial score (nSPS) is 11.0. The highest BCUT2D eigenvalue weighted by Gasteiger charge is 2.09. The van der Waals surface area contributed by atoms with Crippen molar-refractivity contribution >= 4 is 34.6 Å². The summed E-state index contributed by atoms with van der Waals surface area (Å²) in [6.07, 6.45) is 3.85. The van der Waals surface area contributed by atoms with Crippen LogP contribution in [0.4, 0.5) is 0 Å². The summed E-state index contributed by atoms with van der Waals surface area (Å²) in [5.41, 5.74) is 6.97. The van der Waals surface area contributed by atoms with Gasteiger partial charge in [-0.1, -0.05) is 60.1 Å². The minimum Gasteiger partial charge on any atom is -0.342 e. The van der Waals surface area contributed by atoms with E-state index >= 15 is 0 Å². The fourth-order valence-electron chi connectivity index (χ4n) is 3.46. The van der Waals surface area contributed by atoms with Crippen LogP contribution in [0.2, 0.25) is 5.02 Å². The Balaban J connectivity index is 1.52. The summed E-state index contributed by atoms with van der Waals surface area (Å²) in [6, 6.07) is 24.9. The Labute approximate surface area is 185 Å². The van der Waals surface area contributed by atoms with Crippen molar-refractivity contribution in [3.05, 3.63) is 106 Å². The lowest BCUT2D eigenvalue weighted by molar-refractivity contribution is -0.120. The number of nitriles is 1. The largest absolute Gasteiger partial charge is 0.342 e. The van der Waals surface area contributed by atoms with Gasteiger partial charge in [-0.25, -0.2) is 5.43 Å². The van der Waals surface area contributed by atoms with Crippen molar-refractivity contribution in [1.82, 2.24) is 9.99 Å². The van der Waals surface area contributed by atoms with E-state index in [1.165, 1.54) is 0 Å². The zero-order valence-electron chi connectivity index (χ0n) is 16.6. The van der Waals surface area contributed by atoms with Crippen molar-refractivity contribution in [1.29, 1.82) is 5.26 Å². The number of rotatable bonds is 6. The predicted molar refractivity (Wildman–Crippen MR) is 123 cm³/mol. The number of amides is 1. The highest BCUT2D eigenvalue weighted by atomic mass is 35.5. The molecule has 0 radical (unpaired) electrons. The number of para-hydroxylation sites is 1. The van der Waals surface area contributed by atoms with Crippen LogP contribution in [0.5, 0.6) is 0 Å². The molecule has 1 heterocycles. The molecule has 0 saturated carbocycles. The number of benzene rings is 3. The summed E-state index contributed by atoms with van der Waals surface area (Å²) in [6.45, 7) is 0.570. The number of hydrogen-bond acceptors (Lipinski definition) is 3. The second kappa shape index (κ2) is 9.29. The molecule has 3 aromatic carbocycles. The monoisotopic (exact) mass is 426 g/mol. The van der Waals surface area contributed by atoms with E-state index in [9.17, 15) is 10.1 Å². The second-order valence-corrected chi connectivity index (χ2v) is 7.53. The summed E-state index contributed by atoms with van der Waals surface area (Å²) in [7, 11) is 0. The van der Waals surface area contributed by atoms with Crippen LogP contribution in [0.15, 0.2) is 84.1 Å². The molecule has 6 heteroatoms. The molecule has 31 heavy (non-hydrogen) atoms. The Bertz CT molecular complexity index is 1300. The van der Waals surface area contributed by atoms with E-state index in [4.69, 9.17) is 11.6 Å². The molecule has 0 saturated heterocycles. The molecule has 0 fully saturated rings. The third kappa shape index (κ3) is 4.82. The smallest absolute Gasteiger partial charge is 0.244 e. The Morgan fingerprint density at radius 2 is 1.81 bits per heavy atom. The quantitative estimate of drug-likeness (QED) is 0.351. The van der Waals surface area contributed by atoms with E-state index in [1.54, 1.807) is 18.3 Å². The maximum Gasteiger partial charge on any atom is 0.244 e. The molecule has 0 unspecified atom stereocenters. The highest BCUT2D eigenvalue weighted by molar-refractivity contribution is 6.30. The van der Waals surface area contributed by atoms with Crippen molar-refractivity contribution in [2.45, 2.75) is 13.0 Å².